The highest BCUT2D eigenvalue weighted by atomic mass is 79.9. The molecule has 3 aromatic rings. The Balaban J connectivity index is 2.25. The summed E-state index contributed by atoms with van der Waals surface area (Å²) in [5.41, 5.74) is 9.99. The molecule has 148 valence electrons. The number of ether oxygens (including phenoxy) is 4. The van der Waals surface area contributed by atoms with Crippen molar-refractivity contribution in [2.24, 2.45) is 0 Å². The summed E-state index contributed by atoms with van der Waals surface area (Å²) in [5.74, 6) is 2.23. The van der Waals surface area contributed by atoms with Gasteiger partial charge in [0, 0.05) is 17.7 Å². The predicted molar refractivity (Wildman–Crippen MR) is 112 cm³/mol. The minimum Gasteiger partial charge on any atom is -0.495 e. The van der Waals surface area contributed by atoms with Crippen LogP contribution in [0.3, 0.4) is 0 Å². The molecular formula is C20H22BrN3O4. The summed E-state index contributed by atoms with van der Waals surface area (Å²) in [6.45, 7) is 1.93. The lowest BCUT2D eigenvalue weighted by molar-refractivity contribution is 0.324. The zero-order valence-electron chi connectivity index (χ0n) is 16.4. The number of aryl methyl sites for hydroxylation is 1. The zero-order chi connectivity index (χ0) is 20.4. The van der Waals surface area contributed by atoms with E-state index in [1.807, 2.05) is 41.9 Å². The molecule has 1 aromatic heterocycles. The van der Waals surface area contributed by atoms with E-state index in [-0.39, 0.29) is 0 Å². The molecule has 2 aromatic carbocycles. The van der Waals surface area contributed by atoms with Crippen LogP contribution in [0.15, 0.2) is 34.8 Å². The molecule has 0 aliphatic heterocycles. The lowest BCUT2D eigenvalue weighted by atomic mass is 10.1. The number of nitrogens with two attached hydrogens (primary N) is 1. The first-order valence-corrected chi connectivity index (χ1v) is 9.23. The number of benzene rings is 2. The third-order valence-corrected chi connectivity index (χ3v) is 5.33. The van der Waals surface area contributed by atoms with Crippen LogP contribution < -0.4 is 24.7 Å². The monoisotopic (exact) mass is 447 g/mol. The Labute approximate surface area is 172 Å². The minimum absolute atomic E-state index is 0.520. The van der Waals surface area contributed by atoms with Gasteiger partial charge >= 0.3 is 0 Å². The second kappa shape index (κ2) is 8.02. The summed E-state index contributed by atoms with van der Waals surface area (Å²) in [6.07, 6.45) is 0. The van der Waals surface area contributed by atoms with E-state index in [2.05, 4.69) is 21.0 Å². The Morgan fingerprint density at radius 2 is 1.50 bits per heavy atom. The number of methoxy groups -OCH3 is 4. The summed E-state index contributed by atoms with van der Waals surface area (Å²) in [7, 11) is 6.32. The van der Waals surface area contributed by atoms with Crippen molar-refractivity contribution in [2.75, 3.05) is 34.2 Å². The molecule has 0 bridgehead atoms. The van der Waals surface area contributed by atoms with E-state index in [1.165, 1.54) is 0 Å². The molecule has 28 heavy (non-hydrogen) atoms. The van der Waals surface area contributed by atoms with Crippen molar-refractivity contribution in [1.82, 2.24) is 9.78 Å². The van der Waals surface area contributed by atoms with Gasteiger partial charge < -0.3 is 24.7 Å². The van der Waals surface area contributed by atoms with Crippen LogP contribution in [0.2, 0.25) is 0 Å². The number of aromatic nitrogens is 2. The summed E-state index contributed by atoms with van der Waals surface area (Å²) in [5, 5.41) is 4.68. The Bertz CT molecular complexity index is 992. The van der Waals surface area contributed by atoms with E-state index >= 15 is 0 Å². The molecule has 0 aliphatic carbocycles. The minimum atomic E-state index is 0.520. The number of halogens is 1. The van der Waals surface area contributed by atoms with Crippen molar-refractivity contribution >= 4 is 21.6 Å². The van der Waals surface area contributed by atoms with Gasteiger partial charge in [-0.15, -0.1) is 0 Å². The van der Waals surface area contributed by atoms with Gasteiger partial charge in [-0.3, -0.25) is 0 Å². The largest absolute Gasteiger partial charge is 0.495 e. The number of hydrogen-bond acceptors (Lipinski definition) is 6. The standard InChI is InChI=1S/C20H22BrN3O4/c1-11-18(21)19(12-6-7-15(25-2)14(22)8-12)24(23-11)13-9-16(26-3)20(28-5)17(10-13)27-4/h6-10H,22H2,1-5H3. The SMILES string of the molecule is COc1ccc(-c2c(Br)c(C)nn2-c2cc(OC)c(OC)c(OC)c2)cc1N. The van der Waals surface area contributed by atoms with Gasteiger partial charge in [-0.1, -0.05) is 0 Å². The molecule has 0 spiro atoms. The van der Waals surface area contributed by atoms with Crippen molar-refractivity contribution < 1.29 is 18.9 Å². The van der Waals surface area contributed by atoms with Crippen LogP contribution in [0.25, 0.3) is 16.9 Å². The molecule has 1 heterocycles. The third-order valence-electron chi connectivity index (χ3n) is 4.38. The van der Waals surface area contributed by atoms with Crippen LogP contribution in [0.5, 0.6) is 23.0 Å². The second-order valence-corrected chi connectivity index (χ2v) is 6.79. The highest BCUT2D eigenvalue weighted by Gasteiger charge is 2.21. The molecule has 7 nitrogen and oxygen atoms in total. The highest BCUT2D eigenvalue weighted by molar-refractivity contribution is 9.10. The van der Waals surface area contributed by atoms with Crippen molar-refractivity contribution in [2.45, 2.75) is 6.92 Å². The van der Waals surface area contributed by atoms with Gasteiger partial charge in [0.05, 0.1) is 55.7 Å². The molecular weight excluding hydrogens is 426 g/mol. The number of nitrogens with zero attached hydrogens (tertiary/aromatic N) is 2. The first-order valence-electron chi connectivity index (χ1n) is 8.44. The first kappa shape index (κ1) is 19.9. The summed E-state index contributed by atoms with van der Waals surface area (Å²) >= 11 is 3.65. The molecule has 0 atom stereocenters. The lowest BCUT2D eigenvalue weighted by Crippen LogP contribution is -2.03. The molecule has 3 rings (SSSR count). The van der Waals surface area contributed by atoms with E-state index in [9.17, 15) is 0 Å². The Morgan fingerprint density at radius 3 is 2.00 bits per heavy atom. The van der Waals surface area contributed by atoms with E-state index in [4.69, 9.17) is 24.7 Å². The smallest absolute Gasteiger partial charge is 0.203 e. The molecule has 0 aliphatic rings. The van der Waals surface area contributed by atoms with Gasteiger partial charge in [0.25, 0.3) is 0 Å². The average molecular weight is 448 g/mol. The van der Waals surface area contributed by atoms with Crippen molar-refractivity contribution in [3.63, 3.8) is 0 Å². The first-order chi connectivity index (χ1) is 13.4. The van der Waals surface area contributed by atoms with E-state index in [1.54, 1.807) is 28.4 Å². The van der Waals surface area contributed by atoms with Crippen LogP contribution in [0.4, 0.5) is 5.69 Å². The average Bonchev–Trinajstić information content (AvgIpc) is 3.01. The molecule has 0 saturated heterocycles. The molecule has 0 unspecified atom stereocenters. The molecule has 0 radical (unpaired) electrons. The number of rotatable bonds is 6. The fourth-order valence-electron chi connectivity index (χ4n) is 3.02. The van der Waals surface area contributed by atoms with Crippen molar-refractivity contribution in [1.29, 1.82) is 0 Å². The molecule has 0 amide bonds. The van der Waals surface area contributed by atoms with E-state index < -0.39 is 0 Å². The van der Waals surface area contributed by atoms with Crippen LogP contribution in [-0.2, 0) is 0 Å². The zero-order valence-corrected chi connectivity index (χ0v) is 18.0. The van der Waals surface area contributed by atoms with E-state index in [0.29, 0.717) is 28.7 Å². The molecule has 0 saturated carbocycles. The predicted octanol–water partition coefficient (Wildman–Crippen LogP) is 4.23. The highest BCUT2D eigenvalue weighted by Crippen LogP contribution is 2.42. The topological polar surface area (TPSA) is 80.8 Å². The van der Waals surface area contributed by atoms with Gasteiger partial charge in [0.1, 0.15) is 5.75 Å². The summed E-state index contributed by atoms with van der Waals surface area (Å²) < 4.78 is 24.3. The Kier molecular flexibility index (Phi) is 5.69. The lowest BCUT2D eigenvalue weighted by Gasteiger charge is -2.16. The number of hydrogen-bond donors (Lipinski definition) is 1. The van der Waals surface area contributed by atoms with Crippen LogP contribution in [0.1, 0.15) is 5.69 Å². The van der Waals surface area contributed by atoms with Crippen molar-refractivity contribution in [3.8, 4) is 39.9 Å². The maximum absolute atomic E-state index is 6.12. The third kappa shape index (κ3) is 3.35. The fraction of sp³-hybridized carbons (Fsp3) is 0.250. The number of nitrogen functional groups attached to an aromatic ring is 1. The fourth-order valence-corrected chi connectivity index (χ4v) is 3.49. The summed E-state index contributed by atoms with van der Waals surface area (Å²) in [6, 6.07) is 9.31. The van der Waals surface area contributed by atoms with Gasteiger partial charge in [0.2, 0.25) is 5.75 Å². The molecule has 2 N–H and O–H groups in total. The van der Waals surface area contributed by atoms with Gasteiger partial charge in [-0.25, -0.2) is 4.68 Å². The van der Waals surface area contributed by atoms with Crippen molar-refractivity contribution in [3.05, 3.63) is 40.5 Å². The molecule has 0 fully saturated rings. The van der Waals surface area contributed by atoms with Gasteiger partial charge in [-0.05, 0) is 41.1 Å². The quantitative estimate of drug-likeness (QED) is 0.569. The summed E-state index contributed by atoms with van der Waals surface area (Å²) in [4.78, 5) is 0. The maximum Gasteiger partial charge on any atom is 0.203 e. The Morgan fingerprint density at radius 1 is 0.893 bits per heavy atom. The van der Waals surface area contributed by atoms with Crippen LogP contribution >= 0.6 is 15.9 Å². The van der Waals surface area contributed by atoms with Crippen LogP contribution in [0, 0.1) is 6.92 Å². The van der Waals surface area contributed by atoms with E-state index in [0.717, 1.165) is 27.1 Å². The number of anilines is 1. The van der Waals surface area contributed by atoms with Gasteiger partial charge in [0.15, 0.2) is 11.5 Å². The molecule has 8 heteroatoms. The maximum atomic E-state index is 6.12. The normalized spacial score (nSPS) is 10.6. The second-order valence-electron chi connectivity index (χ2n) is 6.00. The Hall–Kier alpha value is -2.87. The van der Waals surface area contributed by atoms with Crippen LogP contribution in [-0.4, -0.2) is 38.2 Å². The van der Waals surface area contributed by atoms with Gasteiger partial charge in [-0.2, -0.15) is 5.10 Å².